The normalized spacial score (nSPS) is 32.6. The van der Waals surface area contributed by atoms with Crippen LogP contribution in [0.2, 0.25) is 0 Å². The number of aliphatic hydroxyl groups is 1. The summed E-state index contributed by atoms with van der Waals surface area (Å²) in [6.07, 6.45) is 13.8. The van der Waals surface area contributed by atoms with Crippen molar-refractivity contribution >= 4 is 17.7 Å². The molecule has 0 radical (unpaired) electrons. The van der Waals surface area contributed by atoms with Gasteiger partial charge in [0.25, 0.3) is 17.6 Å². The van der Waals surface area contributed by atoms with Gasteiger partial charge in [0.15, 0.2) is 0 Å². The van der Waals surface area contributed by atoms with Crippen LogP contribution in [0.25, 0.3) is 17.5 Å². The molecule has 5 aliphatic carbocycles. The van der Waals surface area contributed by atoms with Crippen LogP contribution in [0.4, 0.5) is 5.69 Å². The number of hydrogen-bond donors (Lipinski definition) is 3. The molecule has 5 fully saturated rings. The molecule has 9 heteroatoms. The van der Waals surface area contributed by atoms with Crippen molar-refractivity contribution in [1.29, 1.82) is 0 Å². The van der Waals surface area contributed by atoms with Crippen molar-refractivity contribution in [1.82, 2.24) is 20.4 Å². The van der Waals surface area contributed by atoms with Gasteiger partial charge in [0.05, 0.1) is 22.5 Å². The molecule has 1 amide bonds. The van der Waals surface area contributed by atoms with Gasteiger partial charge < -0.3 is 25.0 Å². The maximum absolute atomic E-state index is 12.7. The summed E-state index contributed by atoms with van der Waals surface area (Å²) >= 11 is 0. The second-order valence-electron chi connectivity index (χ2n) is 11.6. The SMILES string of the molecule is O=C(NCC1CCOCC1)c1noc(-c2cnc3c(c2NC2C4CC5CC2CC(O)(C5)C4)C=CC3)n1. The summed E-state index contributed by atoms with van der Waals surface area (Å²) in [6, 6.07) is 0.297. The molecule has 36 heavy (non-hydrogen) atoms. The fourth-order valence-electron chi connectivity index (χ4n) is 7.59. The summed E-state index contributed by atoms with van der Waals surface area (Å²) < 4.78 is 11.0. The highest BCUT2D eigenvalue weighted by Gasteiger charge is 2.55. The number of ether oxygens (including phenoxy) is 1. The summed E-state index contributed by atoms with van der Waals surface area (Å²) in [5, 5.41) is 21.8. The van der Waals surface area contributed by atoms with E-state index in [9.17, 15) is 9.90 Å². The van der Waals surface area contributed by atoms with Crippen LogP contribution in [0, 0.1) is 23.7 Å². The Hall–Kier alpha value is -2.78. The maximum Gasteiger partial charge on any atom is 0.292 e. The molecule has 1 aliphatic heterocycles. The van der Waals surface area contributed by atoms with Crippen LogP contribution >= 0.6 is 0 Å². The van der Waals surface area contributed by atoms with Crippen LogP contribution in [0.3, 0.4) is 0 Å². The molecule has 6 aliphatic rings. The second kappa shape index (κ2) is 8.66. The summed E-state index contributed by atoms with van der Waals surface area (Å²) in [6.45, 7) is 2.07. The van der Waals surface area contributed by atoms with E-state index in [-0.39, 0.29) is 11.7 Å². The highest BCUT2D eigenvalue weighted by Crippen LogP contribution is 2.56. The van der Waals surface area contributed by atoms with E-state index in [1.807, 2.05) is 0 Å². The van der Waals surface area contributed by atoms with Crippen LogP contribution in [-0.4, -0.2) is 57.5 Å². The van der Waals surface area contributed by atoms with Crippen molar-refractivity contribution in [2.75, 3.05) is 25.1 Å². The first-order valence-corrected chi connectivity index (χ1v) is 13.4. The van der Waals surface area contributed by atoms with E-state index in [1.54, 1.807) is 6.20 Å². The van der Waals surface area contributed by atoms with Gasteiger partial charge in [-0.2, -0.15) is 4.98 Å². The molecule has 8 rings (SSSR count). The summed E-state index contributed by atoms with van der Waals surface area (Å²) in [5.74, 6) is 1.98. The predicted molar refractivity (Wildman–Crippen MR) is 132 cm³/mol. The minimum absolute atomic E-state index is 0.0379. The Bertz CT molecular complexity index is 1190. The minimum Gasteiger partial charge on any atom is -0.390 e. The third-order valence-electron chi connectivity index (χ3n) is 9.10. The van der Waals surface area contributed by atoms with Gasteiger partial charge in [0.2, 0.25) is 0 Å². The van der Waals surface area contributed by atoms with E-state index in [0.29, 0.717) is 42.1 Å². The third-order valence-corrected chi connectivity index (χ3v) is 9.10. The molecule has 4 bridgehead atoms. The summed E-state index contributed by atoms with van der Waals surface area (Å²) in [5.41, 5.74) is 3.29. The van der Waals surface area contributed by atoms with Crippen LogP contribution in [-0.2, 0) is 11.2 Å². The zero-order valence-corrected chi connectivity index (χ0v) is 20.4. The zero-order valence-electron chi connectivity index (χ0n) is 20.4. The number of pyridine rings is 1. The highest BCUT2D eigenvalue weighted by molar-refractivity contribution is 5.91. The van der Waals surface area contributed by atoms with Crippen molar-refractivity contribution in [2.24, 2.45) is 23.7 Å². The molecule has 2 atom stereocenters. The average Bonchev–Trinajstić information content (AvgIpc) is 3.54. The van der Waals surface area contributed by atoms with Crippen molar-refractivity contribution in [3.05, 3.63) is 29.4 Å². The molecule has 3 heterocycles. The van der Waals surface area contributed by atoms with E-state index < -0.39 is 5.60 Å². The Balaban J connectivity index is 1.14. The number of rotatable bonds is 6. The largest absolute Gasteiger partial charge is 0.390 e. The first-order valence-electron chi connectivity index (χ1n) is 13.4. The highest BCUT2D eigenvalue weighted by atomic mass is 16.5. The molecule has 3 N–H and O–H groups in total. The van der Waals surface area contributed by atoms with Gasteiger partial charge in [-0.25, -0.2) is 0 Å². The summed E-state index contributed by atoms with van der Waals surface area (Å²) in [7, 11) is 0. The van der Waals surface area contributed by atoms with E-state index in [0.717, 1.165) is 74.2 Å². The maximum atomic E-state index is 12.7. The van der Waals surface area contributed by atoms with Crippen LogP contribution in [0.1, 0.15) is 66.8 Å². The number of anilines is 1. The fraction of sp³-hybridized carbons (Fsp3) is 0.630. The standard InChI is InChI=1S/C27H33N5O4/c33-25(29-13-15-4-6-35-7-5-15)24-31-26(36-32-24)20-14-28-21-3-1-2-19(21)23(20)30-22-17-8-16-9-18(22)12-27(34,10-16)11-17/h1-2,14-18,22,34H,3-13H2,(H,28,30)(H,29,33). The number of fused-ring (bicyclic) bond motifs is 1. The van der Waals surface area contributed by atoms with E-state index >= 15 is 0 Å². The lowest BCUT2D eigenvalue weighted by Crippen LogP contribution is -2.59. The molecule has 2 unspecified atom stereocenters. The number of aromatic nitrogens is 3. The first-order chi connectivity index (χ1) is 17.5. The lowest BCUT2D eigenvalue weighted by atomic mass is 9.52. The Morgan fingerprint density at radius 2 is 1.97 bits per heavy atom. The lowest BCUT2D eigenvalue weighted by Gasteiger charge is -2.58. The molecule has 2 aromatic rings. The number of nitrogens with zero attached hydrogens (tertiary/aromatic N) is 3. The van der Waals surface area contributed by atoms with Gasteiger partial charge >= 0.3 is 0 Å². The van der Waals surface area contributed by atoms with Gasteiger partial charge in [-0.15, -0.1) is 0 Å². The Kier molecular flexibility index (Phi) is 5.39. The Morgan fingerprint density at radius 3 is 2.75 bits per heavy atom. The van der Waals surface area contributed by atoms with E-state index in [4.69, 9.17) is 9.26 Å². The van der Waals surface area contributed by atoms with Crippen molar-refractivity contribution in [3.63, 3.8) is 0 Å². The number of nitrogens with one attached hydrogen (secondary N) is 2. The van der Waals surface area contributed by atoms with Crippen molar-refractivity contribution in [3.8, 4) is 11.5 Å². The van der Waals surface area contributed by atoms with Crippen molar-refractivity contribution < 1.29 is 19.2 Å². The van der Waals surface area contributed by atoms with E-state index in [1.165, 1.54) is 12.8 Å². The number of amides is 1. The molecule has 0 aromatic carbocycles. The third kappa shape index (κ3) is 3.93. The monoisotopic (exact) mass is 491 g/mol. The smallest absolute Gasteiger partial charge is 0.292 e. The molecular formula is C27H33N5O4. The minimum atomic E-state index is -0.475. The first kappa shape index (κ1) is 22.4. The predicted octanol–water partition coefficient (Wildman–Crippen LogP) is 3.21. The van der Waals surface area contributed by atoms with Gasteiger partial charge in [-0.3, -0.25) is 9.78 Å². The second-order valence-corrected chi connectivity index (χ2v) is 11.6. The average molecular weight is 492 g/mol. The van der Waals surface area contributed by atoms with Gasteiger partial charge in [-0.05, 0) is 68.6 Å². The molecule has 2 aromatic heterocycles. The number of hydrogen-bond acceptors (Lipinski definition) is 8. The zero-order chi connectivity index (χ0) is 24.3. The lowest BCUT2D eigenvalue weighted by molar-refractivity contribution is -0.129. The Morgan fingerprint density at radius 1 is 1.17 bits per heavy atom. The quantitative estimate of drug-likeness (QED) is 0.563. The van der Waals surface area contributed by atoms with Crippen LogP contribution in [0.15, 0.2) is 16.8 Å². The van der Waals surface area contributed by atoms with Crippen LogP contribution < -0.4 is 10.6 Å². The molecule has 4 saturated carbocycles. The molecule has 190 valence electrons. The molecular weight excluding hydrogens is 458 g/mol. The topological polar surface area (TPSA) is 122 Å². The fourth-order valence-corrected chi connectivity index (χ4v) is 7.59. The van der Waals surface area contributed by atoms with E-state index in [2.05, 4.69) is 37.9 Å². The van der Waals surface area contributed by atoms with Gasteiger partial charge in [0.1, 0.15) is 0 Å². The summed E-state index contributed by atoms with van der Waals surface area (Å²) in [4.78, 5) is 21.9. The number of carbonyl (C=O) groups is 1. The molecule has 1 saturated heterocycles. The molecule has 0 spiro atoms. The Labute approximate surface area is 210 Å². The van der Waals surface area contributed by atoms with Crippen LogP contribution in [0.5, 0.6) is 0 Å². The molecule has 9 nitrogen and oxygen atoms in total. The van der Waals surface area contributed by atoms with Gasteiger partial charge in [-0.1, -0.05) is 17.3 Å². The number of carbonyl (C=O) groups excluding carboxylic acids is 1. The van der Waals surface area contributed by atoms with Gasteiger partial charge in [0, 0.05) is 44.0 Å². The van der Waals surface area contributed by atoms with Crippen molar-refractivity contribution in [2.45, 2.75) is 63.0 Å². The number of allylic oxidation sites excluding steroid dienone is 1.